The van der Waals surface area contributed by atoms with Gasteiger partial charge in [0.1, 0.15) is 6.61 Å². The topological polar surface area (TPSA) is 117 Å². The summed E-state index contributed by atoms with van der Waals surface area (Å²) in [4.78, 5) is 36.2. The normalized spacial score (nSPS) is 23.4. The van der Waals surface area contributed by atoms with Crippen LogP contribution in [0.3, 0.4) is 0 Å². The Bertz CT molecular complexity index is 826. The molecule has 1 aliphatic rings. The molecule has 172 valence electrons. The van der Waals surface area contributed by atoms with Gasteiger partial charge in [0, 0.05) is 12.0 Å². The molecular weight excluding hydrogens is 425 g/mol. The monoisotopic (exact) mass is 455 g/mol. The molecule has 0 spiro atoms. The average molecular weight is 455 g/mol. The number of hydrogen-bond acceptors (Lipinski definition) is 8. The lowest BCUT2D eigenvalue weighted by atomic mass is 9.87. The molecule has 1 N–H and O–H groups in total. The van der Waals surface area contributed by atoms with Gasteiger partial charge in [-0.05, 0) is 5.56 Å². The number of methoxy groups -OCH3 is 1. The molecule has 0 saturated carbocycles. The van der Waals surface area contributed by atoms with Crippen molar-refractivity contribution in [2.75, 3.05) is 26.4 Å². The highest BCUT2D eigenvalue weighted by Crippen LogP contribution is 2.57. The van der Waals surface area contributed by atoms with Crippen molar-refractivity contribution in [3.63, 3.8) is 0 Å². The number of nitrogens with one attached hydrogen (secondary N) is 1. The predicted octanol–water partition coefficient (Wildman–Crippen LogP) is 2.68. The van der Waals surface area contributed by atoms with E-state index in [1.807, 2.05) is 30.3 Å². The van der Waals surface area contributed by atoms with E-state index < -0.39 is 42.9 Å². The summed E-state index contributed by atoms with van der Waals surface area (Å²) in [7, 11) is -2.44. The first-order valence-electron chi connectivity index (χ1n) is 10.0. The summed E-state index contributed by atoms with van der Waals surface area (Å²) in [6.45, 7) is 5.28. The molecule has 1 aliphatic heterocycles. The van der Waals surface area contributed by atoms with Gasteiger partial charge >= 0.3 is 19.5 Å². The van der Waals surface area contributed by atoms with Crippen molar-refractivity contribution in [3.8, 4) is 0 Å². The highest BCUT2D eigenvalue weighted by Gasteiger charge is 2.48. The lowest BCUT2D eigenvalue weighted by Gasteiger charge is -2.40. The van der Waals surface area contributed by atoms with Crippen LogP contribution in [0.4, 0.5) is 0 Å². The molecule has 1 fully saturated rings. The maximum absolute atomic E-state index is 13.0. The highest BCUT2D eigenvalue weighted by molar-refractivity contribution is 7.54. The molecule has 1 aromatic carbocycles. The second kappa shape index (κ2) is 10.9. The zero-order valence-electron chi connectivity index (χ0n) is 18.3. The van der Waals surface area contributed by atoms with Crippen LogP contribution in [0.5, 0.6) is 0 Å². The summed E-state index contributed by atoms with van der Waals surface area (Å²) in [5, 5.41) is 2.63. The standard InChI is InChI=1S/C21H30NO8P/c1-15(20(25)27-4)13-31(26)29-14-21(2,3)18(30-31)19(24)22-11-10-17(23)28-12-16-8-6-5-7-9-16/h5-9,15,18H,10-14H2,1-4H3,(H,22,24)/t15-,18+,31?/m1/s1. The van der Waals surface area contributed by atoms with Crippen LogP contribution < -0.4 is 5.32 Å². The van der Waals surface area contributed by atoms with E-state index in [2.05, 4.69) is 10.1 Å². The molecule has 3 atom stereocenters. The van der Waals surface area contributed by atoms with Crippen LogP contribution in [0, 0.1) is 11.3 Å². The van der Waals surface area contributed by atoms with E-state index in [0.717, 1.165) is 5.56 Å². The van der Waals surface area contributed by atoms with Crippen molar-refractivity contribution in [2.45, 2.75) is 39.9 Å². The average Bonchev–Trinajstić information content (AvgIpc) is 2.74. The Morgan fingerprint density at radius 3 is 2.58 bits per heavy atom. The summed E-state index contributed by atoms with van der Waals surface area (Å²) in [5.41, 5.74) is 0.120. The first-order chi connectivity index (χ1) is 14.6. The van der Waals surface area contributed by atoms with Gasteiger partial charge in [-0.1, -0.05) is 51.1 Å². The summed E-state index contributed by atoms with van der Waals surface area (Å²) in [6, 6.07) is 9.26. The third-order valence-corrected chi connectivity index (χ3v) is 6.87. The van der Waals surface area contributed by atoms with Crippen LogP contribution in [-0.4, -0.2) is 50.4 Å². The molecule has 31 heavy (non-hydrogen) atoms. The van der Waals surface area contributed by atoms with E-state index in [1.165, 1.54) is 7.11 Å². The Labute approximate surface area is 182 Å². The van der Waals surface area contributed by atoms with Crippen LogP contribution in [0.25, 0.3) is 0 Å². The van der Waals surface area contributed by atoms with Crippen molar-refractivity contribution in [1.29, 1.82) is 0 Å². The number of hydrogen-bond donors (Lipinski definition) is 1. The molecule has 0 bridgehead atoms. The van der Waals surface area contributed by atoms with E-state index in [9.17, 15) is 18.9 Å². The summed E-state index contributed by atoms with van der Waals surface area (Å²) < 4.78 is 33.8. The van der Waals surface area contributed by atoms with Crippen LogP contribution in [0.2, 0.25) is 0 Å². The van der Waals surface area contributed by atoms with Crippen molar-refractivity contribution < 1.29 is 37.5 Å². The molecule has 1 unspecified atom stereocenters. The highest BCUT2D eigenvalue weighted by atomic mass is 31.2. The van der Waals surface area contributed by atoms with Gasteiger partial charge in [0.25, 0.3) is 0 Å². The van der Waals surface area contributed by atoms with Gasteiger partial charge in [0.05, 0.1) is 32.2 Å². The summed E-state index contributed by atoms with van der Waals surface area (Å²) >= 11 is 0. The lowest BCUT2D eigenvalue weighted by Crippen LogP contribution is -2.50. The molecule has 1 aromatic rings. The minimum absolute atomic E-state index is 0.0146. The molecule has 9 nitrogen and oxygen atoms in total. The van der Waals surface area contributed by atoms with Gasteiger partial charge in [0.15, 0.2) is 6.10 Å². The van der Waals surface area contributed by atoms with Crippen LogP contribution in [0.15, 0.2) is 30.3 Å². The Kier molecular flexibility index (Phi) is 8.79. The fourth-order valence-corrected chi connectivity index (χ4v) is 5.28. The number of benzene rings is 1. The molecule has 0 aromatic heterocycles. The second-order valence-corrected chi connectivity index (χ2v) is 10.2. The van der Waals surface area contributed by atoms with E-state index in [4.69, 9.17) is 13.8 Å². The van der Waals surface area contributed by atoms with E-state index in [0.29, 0.717) is 0 Å². The maximum Gasteiger partial charge on any atom is 0.332 e. The number of ether oxygens (including phenoxy) is 2. The minimum atomic E-state index is -3.68. The quantitative estimate of drug-likeness (QED) is 0.446. The number of esters is 2. The number of amides is 1. The first kappa shape index (κ1) is 25.0. The maximum atomic E-state index is 13.0. The fraction of sp³-hybridized carbons (Fsp3) is 0.571. The SMILES string of the molecule is COC(=O)[C@H](C)CP1(=O)OCC(C)(C)[C@H](C(=O)NCCC(=O)OCc2ccccc2)O1. The van der Waals surface area contributed by atoms with Gasteiger partial charge in [-0.25, -0.2) is 0 Å². The van der Waals surface area contributed by atoms with Crippen LogP contribution in [0.1, 0.15) is 32.8 Å². The number of rotatable bonds is 9. The Morgan fingerprint density at radius 2 is 1.94 bits per heavy atom. The summed E-state index contributed by atoms with van der Waals surface area (Å²) in [6.07, 6.45) is -1.26. The van der Waals surface area contributed by atoms with Gasteiger partial charge in [-0.3, -0.25) is 23.5 Å². The van der Waals surface area contributed by atoms with Crippen LogP contribution >= 0.6 is 7.60 Å². The van der Waals surface area contributed by atoms with Crippen molar-refractivity contribution >= 4 is 25.4 Å². The lowest BCUT2D eigenvalue weighted by molar-refractivity contribution is -0.145. The largest absolute Gasteiger partial charge is 0.469 e. The van der Waals surface area contributed by atoms with Crippen molar-refractivity contribution in [3.05, 3.63) is 35.9 Å². The summed E-state index contributed by atoms with van der Waals surface area (Å²) in [5.74, 6) is -2.20. The van der Waals surface area contributed by atoms with Gasteiger partial charge < -0.3 is 19.3 Å². The molecule has 2 rings (SSSR count). The van der Waals surface area contributed by atoms with E-state index in [-0.39, 0.29) is 32.3 Å². The van der Waals surface area contributed by atoms with Crippen LogP contribution in [-0.2, 0) is 44.1 Å². The third kappa shape index (κ3) is 7.45. The molecule has 1 heterocycles. The second-order valence-electron chi connectivity index (χ2n) is 8.15. The zero-order chi connectivity index (χ0) is 23.1. The Balaban J connectivity index is 1.86. The molecule has 10 heteroatoms. The van der Waals surface area contributed by atoms with Crippen molar-refractivity contribution in [2.24, 2.45) is 11.3 Å². The van der Waals surface area contributed by atoms with Gasteiger partial charge in [-0.15, -0.1) is 0 Å². The van der Waals surface area contributed by atoms with Gasteiger partial charge in [0.2, 0.25) is 5.91 Å². The van der Waals surface area contributed by atoms with E-state index >= 15 is 0 Å². The Morgan fingerprint density at radius 1 is 1.26 bits per heavy atom. The number of carbonyl (C=O) groups excluding carboxylic acids is 3. The Hall–Kier alpha value is -2.22. The first-order valence-corrected chi connectivity index (χ1v) is 11.8. The smallest absolute Gasteiger partial charge is 0.332 e. The molecule has 0 aliphatic carbocycles. The molecule has 1 amide bonds. The minimum Gasteiger partial charge on any atom is -0.469 e. The fourth-order valence-electron chi connectivity index (χ4n) is 2.97. The van der Waals surface area contributed by atoms with E-state index in [1.54, 1.807) is 20.8 Å². The van der Waals surface area contributed by atoms with Crippen molar-refractivity contribution in [1.82, 2.24) is 5.32 Å². The molecule has 1 saturated heterocycles. The third-order valence-electron chi connectivity index (χ3n) is 4.82. The molecule has 0 radical (unpaired) electrons. The van der Waals surface area contributed by atoms with Gasteiger partial charge in [-0.2, -0.15) is 0 Å². The zero-order valence-corrected chi connectivity index (χ0v) is 19.2. The molecular formula is C21H30NO8P. The number of carbonyl (C=O) groups is 3. The predicted molar refractivity (Wildman–Crippen MR) is 112 cm³/mol.